The molecule has 2 fully saturated rings. The number of hydrogen-bond donors (Lipinski definition) is 0. The zero-order valence-electron chi connectivity index (χ0n) is 16.6. The average Bonchev–Trinajstić information content (AvgIpc) is 3.33. The van der Waals surface area contributed by atoms with Gasteiger partial charge in [0.05, 0.1) is 31.8 Å². The molecule has 0 radical (unpaired) electrons. The summed E-state index contributed by atoms with van der Waals surface area (Å²) in [6.45, 7) is 1.98. The van der Waals surface area contributed by atoms with E-state index in [0.717, 1.165) is 42.6 Å². The lowest BCUT2D eigenvalue weighted by Gasteiger charge is -2.23. The van der Waals surface area contributed by atoms with Gasteiger partial charge in [0.15, 0.2) is 0 Å². The second kappa shape index (κ2) is 8.34. The van der Waals surface area contributed by atoms with Gasteiger partial charge in [0.1, 0.15) is 18.0 Å². The maximum Gasteiger partial charge on any atom is 0.237 e. The first-order valence-electron chi connectivity index (χ1n) is 10.0. The first kappa shape index (κ1) is 19.6. The van der Waals surface area contributed by atoms with Crippen molar-refractivity contribution in [3.05, 3.63) is 36.0 Å². The highest BCUT2D eigenvalue weighted by molar-refractivity contribution is 5.85. The Labute approximate surface area is 169 Å². The summed E-state index contributed by atoms with van der Waals surface area (Å²) in [6, 6.07) is 9.54. The second-order valence-electron chi connectivity index (χ2n) is 7.98. The Morgan fingerprint density at radius 3 is 3.03 bits per heavy atom. The first-order chi connectivity index (χ1) is 14.1. The van der Waals surface area contributed by atoms with Gasteiger partial charge in [-0.05, 0) is 49.1 Å². The van der Waals surface area contributed by atoms with Crippen molar-refractivity contribution < 1.29 is 13.9 Å². The maximum atomic E-state index is 13.6. The van der Waals surface area contributed by atoms with Gasteiger partial charge in [-0.3, -0.25) is 14.7 Å². The number of carbonyl (C=O) groups is 1. The van der Waals surface area contributed by atoms with Crippen LogP contribution in [0.15, 0.2) is 30.5 Å². The highest BCUT2D eigenvalue weighted by Crippen LogP contribution is 2.28. The molecule has 1 aromatic carbocycles. The van der Waals surface area contributed by atoms with Crippen LogP contribution >= 0.6 is 0 Å². The Balaban J connectivity index is 1.36. The van der Waals surface area contributed by atoms with Crippen molar-refractivity contribution in [2.24, 2.45) is 5.92 Å². The fourth-order valence-electron chi connectivity index (χ4n) is 4.49. The van der Waals surface area contributed by atoms with Crippen molar-refractivity contribution in [1.29, 1.82) is 5.26 Å². The van der Waals surface area contributed by atoms with Crippen molar-refractivity contribution in [3.8, 4) is 11.8 Å². The molecule has 0 bridgehead atoms. The molecule has 2 aliphatic heterocycles. The molecule has 0 aliphatic carbocycles. The number of pyridine rings is 1. The summed E-state index contributed by atoms with van der Waals surface area (Å²) in [6.07, 6.45) is 2.73. The zero-order valence-corrected chi connectivity index (χ0v) is 16.6. The SMILES string of the molecule is COc1ccnc2ccc(C[C@@H]3CCN(CC(=O)N4C[C@@H](F)C[C@H]4C#N)C3)cc12. The number of carbonyl (C=O) groups excluding carboxylic acids is 1. The van der Waals surface area contributed by atoms with Crippen molar-refractivity contribution >= 4 is 16.8 Å². The molecule has 0 saturated carbocycles. The van der Waals surface area contributed by atoms with Crippen LogP contribution in [-0.4, -0.2) is 66.2 Å². The number of benzene rings is 1. The molecule has 4 rings (SSSR count). The lowest BCUT2D eigenvalue weighted by molar-refractivity contribution is -0.132. The van der Waals surface area contributed by atoms with Crippen LogP contribution in [0.25, 0.3) is 10.9 Å². The molecule has 29 heavy (non-hydrogen) atoms. The zero-order chi connectivity index (χ0) is 20.4. The van der Waals surface area contributed by atoms with Gasteiger partial charge in [0.25, 0.3) is 0 Å². The van der Waals surface area contributed by atoms with Crippen molar-refractivity contribution in [1.82, 2.24) is 14.8 Å². The number of alkyl halides is 1. The molecule has 1 aromatic heterocycles. The average molecular weight is 396 g/mol. The molecule has 6 nitrogen and oxygen atoms in total. The summed E-state index contributed by atoms with van der Waals surface area (Å²) in [7, 11) is 1.66. The number of halogens is 1. The first-order valence-corrected chi connectivity index (χ1v) is 10.0. The molecule has 0 unspecified atom stereocenters. The highest BCUT2D eigenvalue weighted by atomic mass is 19.1. The van der Waals surface area contributed by atoms with E-state index in [9.17, 15) is 9.18 Å². The molecule has 2 aromatic rings. The van der Waals surface area contributed by atoms with Crippen molar-refractivity contribution in [3.63, 3.8) is 0 Å². The number of likely N-dealkylation sites (tertiary alicyclic amines) is 2. The summed E-state index contributed by atoms with van der Waals surface area (Å²) in [4.78, 5) is 20.5. The Morgan fingerprint density at radius 1 is 1.38 bits per heavy atom. The van der Waals surface area contributed by atoms with E-state index in [2.05, 4.69) is 22.0 Å². The van der Waals surface area contributed by atoms with Gasteiger partial charge in [-0.15, -0.1) is 0 Å². The number of aromatic nitrogens is 1. The highest BCUT2D eigenvalue weighted by Gasteiger charge is 2.36. The fraction of sp³-hybridized carbons (Fsp3) is 0.500. The van der Waals surface area contributed by atoms with Gasteiger partial charge >= 0.3 is 0 Å². The minimum absolute atomic E-state index is 0.0429. The quantitative estimate of drug-likeness (QED) is 0.777. The summed E-state index contributed by atoms with van der Waals surface area (Å²) in [5, 5.41) is 10.2. The van der Waals surface area contributed by atoms with Crippen LogP contribution in [0.4, 0.5) is 4.39 Å². The predicted octanol–water partition coefficient (Wildman–Crippen LogP) is 2.57. The van der Waals surface area contributed by atoms with Crippen molar-refractivity contribution in [2.45, 2.75) is 31.5 Å². The largest absolute Gasteiger partial charge is 0.496 e. The van der Waals surface area contributed by atoms with Crippen LogP contribution in [0.3, 0.4) is 0 Å². The van der Waals surface area contributed by atoms with E-state index in [1.54, 1.807) is 13.3 Å². The number of nitriles is 1. The normalized spacial score (nSPS) is 24.7. The maximum absolute atomic E-state index is 13.6. The third-order valence-electron chi connectivity index (χ3n) is 5.96. The van der Waals surface area contributed by atoms with Crippen LogP contribution < -0.4 is 4.74 Å². The Kier molecular flexibility index (Phi) is 5.63. The third-order valence-corrected chi connectivity index (χ3v) is 5.96. The van der Waals surface area contributed by atoms with Gasteiger partial charge in [-0.2, -0.15) is 5.26 Å². The molecular formula is C22H25FN4O2. The number of nitrogens with zero attached hydrogens (tertiary/aromatic N) is 4. The van der Waals surface area contributed by atoms with Crippen LogP contribution in [0.1, 0.15) is 18.4 Å². The van der Waals surface area contributed by atoms with E-state index in [1.165, 1.54) is 10.5 Å². The lowest BCUT2D eigenvalue weighted by Crippen LogP contribution is -2.42. The molecule has 0 N–H and O–H groups in total. The third kappa shape index (κ3) is 4.18. The molecule has 152 valence electrons. The van der Waals surface area contributed by atoms with Crippen LogP contribution in [0.2, 0.25) is 0 Å². The van der Waals surface area contributed by atoms with Gasteiger partial charge in [-0.25, -0.2) is 4.39 Å². The molecule has 0 spiro atoms. The van der Waals surface area contributed by atoms with Crippen LogP contribution in [0.5, 0.6) is 5.75 Å². The summed E-state index contributed by atoms with van der Waals surface area (Å²) in [5.74, 6) is 1.14. The minimum atomic E-state index is -1.09. The monoisotopic (exact) mass is 396 g/mol. The van der Waals surface area contributed by atoms with Crippen molar-refractivity contribution in [2.75, 3.05) is 33.3 Å². The van der Waals surface area contributed by atoms with Crippen LogP contribution in [-0.2, 0) is 11.2 Å². The standard InChI is InChI=1S/C22H25FN4O2/c1-29-21-4-6-25-20-3-2-15(9-19(20)21)8-16-5-7-26(12-16)14-22(28)27-13-17(23)10-18(27)11-24/h2-4,6,9,16-18H,5,7-8,10,12-14H2,1H3/t16-,17-,18-/m0/s1. The Bertz CT molecular complexity index is 944. The van der Waals surface area contributed by atoms with E-state index in [0.29, 0.717) is 5.92 Å². The van der Waals surface area contributed by atoms with Gasteiger partial charge in [0, 0.05) is 24.5 Å². The van der Waals surface area contributed by atoms with E-state index >= 15 is 0 Å². The topological polar surface area (TPSA) is 69.5 Å². The lowest BCUT2D eigenvalue weighted by atomic mass is 9.97. The smallest absolute Gasteiger partial charge is 0.237 e. The van der Waals surface area contributed by atoms with E-state index in [4.69, 9.17) is 10.00 Å². The Hall–Kier alpha value is -2.72. The number of methoxy groups -OCH3 is 1. The van der Waals surface area contributed by atoms with E-state index < -0.39 is 12.2 Å². The van der Waals surface area contributed by atoms with E-state index in [-0.39, 0.29) is 25.4 Å². The second-order valence-corrected chi connectivity index (χ2v) is 7.98. The molecule has 2 aliphatic rings. The summed E-state index contributed by atoms with van der Waals surface area (Å²) < 4.78 is 19.0. The summed E-state index contributed by atoms with van der Waals surface area (Å²) >= 11 is 0. The molecule has 3 heterocycles. The molecule has 3 atom stereocenters. The minimum Gasteiger partial charge on any atom is -0.496 e. The number of rotatable bonds is 5. The Morgan fingerprint density at radius 2 is 2.24 bits per heavy atom. The van der Waals surface area contributed by atoms with Crippen LogP contribution in [0, 0.1) is 17.2 Å². The van der Waals surface area contributed by atoms with Gasteiger partial charge < -0.3 is 9.64 Å². The number of hydrogen-bond acceptors (Lipinski definition) is 5. The summed E-state index contributed by atoms with van der Waals surface area (Å²) in [5.41, 5.74) is 2.14. The van der Waals surface area contributed by atoms with E-state index in [1.807, 2.05) is 18.2 Å². The fourth-order valence-corrected chi connectivity index (χ4v) is 4.49. The number of amides is 1. The molecule has 1 amide bonds. The molecular weight excluding hydrogens is 371 g/mol. The van der Waals surface area contributed by atoms with Gasteiger partial charge in [0.2, 0.25) is 5.91 Å². The van der Waals surface area contributed by atoms with Gasteiger partial charge in [-0.1, -0.05) is 6.07 Å². The predicted molar refractivity (Wildman–Crippen MR) is 107 cm³/mol. The number of fused-ring (bicyclic) bond motifs is 1. The number of ether oxygens (including phenoxy) is 1. The molecule has 7 heteroatoms. The molecule has 2 saturated heterocycles.